The second kappa shape index (κ2) is 9.59. The molecule has 9 heteroatoms. The molecule has 2 rings (SSSR count). The fraction of sp³-hybridized carbons (Fsp3) is 0.556. The number of guanidine groups is 1. The highest BCUT2D eigenvalue weighted by atomic mass is 19.4. The standard InChI is InChI=1S/C18H25F3N4O2/c1-25(2)16(26)11-24-17(23-10-14-6-7-27-12-14)22-9-13-4-3-5-15(8-13)18(19,20)21/h3-5,8,14H,6-7,9-12H2,1-2H3,(H2,22,23,24). The molecule has 1 heterocycles. The van der Waals surface area contributed by atoms with Crippen LogP contribution in [-0.2, 0) is 22.3 Å². The third-order valence-corrected chi connectivity index (χ3v) is 4.16. The summed E-state index contributed by atoms with van der Waals surface area (Å²) < 4.78 is 43.8. The number of ether oxygens (including phenoxy) is 1. The van der Waals surface area contributed by atoms with Gasteiger partial charge in [0.15, 0.2) is 5.96 Å². The molecule has 1 unspecified atom stereocenters. The number of benzene rings is 1. The Hall–Kier alpha value is -2.29. The van der Waals surface area contributed by atoms with E-state index in [2.05, 4.69) is 15.6 Å². The Kier molecular flexibility index (Phi) is 7.46. The van der Waals surface area contributed by atoms with Crippen LogP contribution in [0.4, 0.5) is 13.2 Å². The average molecular weight is 386 g/mol. The fourth-order valence-corrected chi connectivity index (χ4v) is 2.49. The number of carbonyl (C=O) groups is 1. The molecule has 0 spiro atoms. The summed E-state index contributed by atoms with van der Waals surface area (Å²) in [5.41, 5.74) is -0.266. The molecule has 1 aromatic carbocycles. The molecule has 1 fully saturated rings. The minimum atomic E-state index is -4.39. The summed E-state index contributed by atoms with van der Waals surface area (Å²) in [5, 5.41) is 6.06. The smallest absolute Gasteiger partial charge is 0.381 e. The lowest BCUT2D eigenvalue weighted by Gasteiger charge is -2.16. The summed E-state index contributed by atoms with van der Waals surface area (Å²) in [5.74, 6) is 0.595. The van der Waals surface area contributed by atoms with Crippen molar-refractivity contribution in [3.8, 4) is 0 Å². The number of likely N-dealkylation sites (N-methyl/N-ethyl adjacent to an activating group) is 1. The van der Waals surface area contributed by atoms with Crippen LogP contribution in [0.2, 0.25) is 0 Å². The normalized spacial score (nSPS) is 17.7. The second-order valence-corrected chi connectivity index (χ2v) is 6.62. The van der Waals surface area contributed by atoms with Crippen LogP contribution in [0.5, 0.6) is 0 Å². The van der Waals surface area contributed by atoms with Gasteiger partial charge in [0.1, 0.15) is 0 Å². The van der Waals surface area contributed by atoms with Crippen LogP contribution in [-0.4, -0.2) is 57.2 Å². The number of rotatable bonds is 6. The van der Waals surface area contributed by atoms with Crippen LogP contribution < -0.4 is 10.6 Å². The molecule has 1 amide bonds. The van der Waals surface area contributed by atoms with Gasteiger partial charge in [0.05, 0.1) is 25.3 Å². The largest absolute Gasteiger partial charge is 0.416 e. The Morgan fingerprint density at radius 3 is 2.74 bits per heavy atom. The molecule has 1 atom stereocenters. The predicted molar refractivity (Wildman–Crippen MR) is 96.2 cm³/mol. The molecule has 0 aliphatic carbocycles. The summed E-state index contributed by atoms with van der Waals surface area (Å²) >= 11 is 0. The van der Waals surface area contributed by atoms with E-state index in [1.165, 1.54) is 11.0 Å². The van der Waals surface area contributed by atoms with E-state index < -0.39 is 11.7 Å². The fourth-order valence-electron chi connectivity index (χ4n) is 2.49. The quantitative estimate of drug-likeness (QED) is 0.579. The molecule has 1 aliphatic heterocycles. The van der Waals surface area contributed by atoms with E-state index in [1.807, 2.05) is 0 Å². The first-order chi connectivity index (χ1) is 12.8. The van der Waals surface area contributed by atoms with Crippen LogP contribution >= 0.6 is 0 Å². The number of hydrogen-bond acceptors (Lipinski definition) is 3. The third-order valence-electron chi connectivity index (χ3n) is 4.16. The van der Waals surface area contributed by atoms with Crippen molar-refractivity contribution in [1.82, 2.24) is 15.5 Å². The van der Waals surface area contributed by atoms with Gasteiger partial charge in [-0.2, -0.15) is 13.2 Å². The molecule has 150 valence electrons. The van der Waals surface area contributed by atoms with Gasteiger partial charge in [0.2, 0.25) is 5.91 Å². The topological polar surface area (TPSA) is 66.0 Å². The van der Waals surface area contributed by atoms with Crippen LogP contribution in [0.1, 0.15) is 17.5 Å². The van der Waals surface area contributed by atoms with Gasteiger partial charge in [-0.05, 0) is 24.1 Å². The van der Waals surface area contributed by atoms with Gasteiger partial charge in [-0.15, -0.1) is 0 Å². The number of amides is 1. The van der Waals surface area contributed by atoms with E-state index in [-0.39, 0.29) is 19.0 Å². The maximum Gasteiger partial charge on any atom is 0.416 e. The number of hydrogen-bond donors (Lipinski definition) is 2. The van der Waals surface area contributed by atoms with E-state index in [0.29, 0.717) is 30.6 Å². The van der Waals surface area contributed by atoms with Gasteiger partial charge in [0, 0.05) is 33.2 Å². The molecule has 0 saturated carbocycles. The second-order valence-electron chi connectivity index (χ2n) is 6.62. The molecule has 6 nitrogen and oxygen atoms in total. The van der Waals surface area contributed by atoms with Crippen LogP contribution in [0.3, 0.4) is 0 Å². The number of nitrogens with one attached hydrogen (secondary N) is 2. The van der Waals surface area contributed by atoms with Crippen molar-refractivity contribution in [3.05, 3.63) is 35.4 Å². The average Bonchev–Trinajstić information content (AvgIpc) is 3.13. The predicted octanol–water partition coefficient (Wildman–Crippen LogP) is 1.87. The van der Waals surface area contributed by atoms with Gasteiger partial charge in [-0.3, -0.25) is 4.79 Å². The molecule has 2 N–H and O–H groups in total. The first-order valence-corrected chi connectivity index (χ1v) is 8.72. The van der Waals surface area contributed by atoms with Crippen molar-refractivity contribution in [2.24, 2.45) is 10.9 Å². The lowest BCUT2D eigenvalue weighted by atomic mass is 10.1. The summed E-state index contributed by atoms with van der Waals surface area (Å²) in [7, 11) is 3.29. The number of halogens is 3. The number of carbonyl (C=O) groups excluding carboxylic acids is 1. The Morgan fingerprint density at radius 2 is 2.11 bits per heavy atom. The van der Waals surface area contributed by atoms with E-state index in [4.69, 9.17) is 4.74 Å². The number of aliphatic imine (C=N–C) groups is 1. The zero-order chi connectivity index (χ0) is 19.9. The van der Waals surface area contributed by atoms with Crippen molar-refractivity contribution in [3.63, 3.8) is 0 Å². The number of nitrogens with zero attached hydrogens (tertiary/aromatic N) is 2. The summed E-state index contributed by atoms with van der Waals surface area (Å²) in [4.78, 5) is 17.5. The van der Waals surface area contributed by atoms with Crippen molar-refractivity contribution in [1.29, 1.82) is 0 Å². The van der Waals surface area contributed by atoms with Gasteiger partial charge in [-0.25, -0.2) is 4.99 Å². The number of alkyl halides is 3. The molecule has 1 aromatic rings. The minimum Gasteiger partial charge on any atom is -0.381 e. The maximum atomic E-state index is 12.8. The van der Waals surface area contributed by atoms with Crippen molar-refractivity contribution < 1.29 is 22.7 Å². The van der Waals surface area contributed by atoms with Gasteiger partial charge < -0.3 is 20.3 Å². The third kappa shape index (κ3) is 7.09. The van der Waals surface area contributed by atoms with Crippen LogP contribution in [0.15, 0.2) is 29.3 Å². The Bertz CT molecular complexity index is 656. The SMILES string of the molecule is CN(C)C(=O)CNC(=NCc1cccc(C(F)(F)F)c1)NCC1CCOC1. The zero-order valence-electron chi connectivity index (χ0n) is 15.5. The van der Waals surface area contributed by atoms with Crippen molar-refractivity contribution in [2.45, 2.75) is 19.1 Å². The molecule has 0 aromatic heterocycles. The lowest BCUT2D eigenvalue weighted by molar-refractivity contribution is -0.137. The van der Waals surface area contributed by atoms with E-state index in [0.717, 1.165) is 25.2 Å². The molecular formula is C18H25F3N4O2. The molecule has 0 radical (unpaired) electrons. The monoisotopic (exact) mass is 386 g/mol. The van der Waals surface area contributed by atoms with Crippen LogP contribution in [0, 0.1) is 5.92 Å². The first kappa shape index (κ1) is 21.0. The summed E-state index contributed by atoms with van der Waals surface area (Å²) in [6.45, 7) is 2.10. The highest BCUT2D eigenvalue weighted by Crippen LogP contribution is 2.29. The molecule has 1 aliphatic rings. The van der Waals surface area contributed by atoms with E-state index in [9.17, 15) is 18.0 Å². The zero-order valence-corrected chi connectivity index (χ0v) is 15.5. The Morgan fingerprint density at radius 1 is 1.33 bits per heavy atom. The Balaban J connectivity index is 2.02. The maximum absolute atomic E-state index is 12.8. The lowest BCUT2D eigenvalue weighted by Crippen LogP contribution is -2.44. The molecule has 27 heavy (non-hydrogen) atoms. The summed E-state index contributed by atoms with van der Waals surface area (Å²) in [6.07, 6.45) is -3.45. The van der Waals surface area contributed by atoms with E-state index >= 15 is 0 Å². The van der Waals surface area contributed by atoms with Gasteiger partial charge in [-0.1, -0.05) is 12.1 Å². The highest BCUT2D eigenvalue weighted by Gasteiger charge is 2.30. The van der Waals surface area contributed by atoms with Crippen molar-refractivity contribution >= 4 is 11.9 Å². The Labute approximate surface area is 156 Å². The van der Waals surface area contributed by atoms with Crippen molar-refractivity contribution in [2.75, 3.05) is 40.4 Å². The highest BCUT2D eigenvalue weighted by molar-refractivity contribution is 5.86. The van der Waals surface area contributed by atoms with Gasteiger partial charge in [0.25, 0.3) is 0 Å². The molecule has 1 saturated heterocycles. The van der Waals surface area contributed by atoms with Gasteiger partial charge >= 0.3 is 6.18 Å². The van der Waals surface area contributed by atoms with Crippen LogP contribution in [0.25, 0.3) is 0 Å². The summed E-state index contributed by atoms with van der Waals surface area (Å²) in [6, 6.07) is 5.06. The molecule has 0 bridgehead atoms. The first-order valence-electron chi connectivity index (χ1n) is 8.72. The minimum absolute atomic E-state index is 0.0442. The van der Waals surface area contributed by atoms with E-state index in [1.54, 1.807) is 20.2 Å². The molecular weight excluding hydrogens is 361 g/mol.